The zero-order valence-electron chi connectivity index (χ0n) is 29.4. The van der Waals surface area contributed by atoms with Gasteiger partial charge >= 0.3 is 0 Å². The molecule has 0 radical (unpaired) electrons. The number of carbonyl (C=O) groups excluding carboxylic acids is 3. The van der Waals surface area contributed by atoms with Crippen molar-refractivity contribution >= 4 is 38.5 Å². The minimum Gasteiger partial charge on any atom is -0.497 e. The van der Waals surface area contributed by atoms with Crippen LogP contribution in [0.4, 0.5) is 4.39 Å². The number of carbonyl (C=O) groups is 3. The van der Waals surface area contributed by atoms with Crippen LogP contribution in [0, 0.1) is 17.8 Å². The van der Waals surface area contributed by atoms with Gasteiger partial charge in [-0.2, -0.15) is 4.98 Å². The van der Waals surface area contributed by atoms with Crippen LogP contribution in [0.1, 0.15) is 77.2 Å². The molecular weight excluding hydrogens is 679 g/mol. The number of allylic oxidation sites excluding steroid dienone is 1. The van der Waals surface area contributed by atoms with Crippen molar-refractivity contribution in [1.29, 1.82) is 0 Å². The molecule has 1 aromatic carbocycles. The van der Waals surface area contributed by atoms with Gasteiger partial charge in [0.2, 0.25) is 33.6 Å². The average Bonchev–Trinajstić information content (AvgIpc) is 4.01. The maximum absolute atomic E-state index is 14.2. The summed E-state index contributed by atoms with van der Waals surface area (Å²) in [7, 11) is -2.71. The molecule has 0 spiro atoms. The molecule has 6 atom stereocenters. The highest BCUT2D eigenvalue weighted by Crippen LogP contribution is 2.48. The van der Waals surface area contributed by atoms with Crippen LogP contribution in [-0.4, -0.2) is 85.4 Å². The molecule has 2 aliphatic carbocycles. The lowest BCUT2D eigenvalue weighted by molar-refractivity contribution is -0.140. The number of sulfonamides is 1. The molecule has 2 saturated carbocycles. The van der Waals surface area contributed by atoms with Gasteiger partial charge in [-0.25, -0.2) is 12.8 Å². The second kappa shape index (κ2) is 13.6. The zero-order chi connectivity index (χ0) is 36.1. The van der Waals surface area contributed by atoms with Crippen LogP contribution >= 0.6 is 0 Å². The summed E-state index contributed by atoms with van der Waals surface area (Å²) < 4.78 is 58.3. The van der Waals surface area contributed by atoms with Crippen LogP contribution < -0.4 is 24.2 Å². The monoisotopic (exact) mass is 726 g/mol. The molecule has 3 aliphatic heterocycles. The number of fused-ring (bicyclic) bond motifs is 5. The summed E-state index contributed by atoms with van der Waals surface area (Å²) in [6, 6.07) is 4.66. The number of amides is 3. The third-order valence-corrected chi connectivity index (χ3v) is 13.5. The van der Waals surface area contributed by atoms with Gasteiger partial charge in [-0.1, -0.05) is 26.0 Å². The van der Waals surface area contributed by atoms with E-state index < -0.39 is 56.9 Å². The fourth-order valence-electron chi connectivity index (χ4n) is 8.02. The fraction of sp³-hybridized carbons (Fsp3) is 0.622. The molecule has 14 heteroatoms. The van der Waals surface area contributed by atoms with Gasteiger partial charge in [0.25, 0.3) is 5.91 Å². The van der Waals surface area contributed by atoms with Crippen molar-refractivity contribution in [3.8, 4) is 17.5 Å². The van der Waals surface area contributed by atoms with Gasteiger partial charge in [-0.15, -0.1) is 0 Å². The van der Waals surface area contributed by atoms with Crippen molar-refractivity contribution < 1.29 is 41.4 Å². The Bertz CT molecular complexity index is 1870. The Balaban J connectivity index is 1.19. The first-order valence-electron chi connectivity index (χ1n) is 18.1. The standard InChI is InChI=1S/C37H47FN4O8S/c1-22-7-4-5-8-24-19-37(24,35(45)41-51(46,47)36(21-38)12-13-36)40-32(44)30-18-26(20-42(30)31(43)16-23(2)15-22)50-34-28-11-10-25(48-3)17-29(28)27-9-6-14-49-33(27)39-34/h5,8,10-11,17,22-24,26,30H,4,6-7,9,12-16,18-21H2,1-3H3,(H,40,44)(H,41,45)/b8-5-/t22-,23-,24-,26-,30+,37-/m1/s1. The molecule has 12 nitrogen and oxygen atoms in total. The largest absolute Gasteiger partial charge is 0.497 e. The van der Waals surface area contributed by atoms with Crippen LogP contribution in [0.3, 0.4) is 0 Å². The molecule has 1 aromatic heterocycles. The topological polar surface area (TPSA) is 153 Å². The van der Waals surface area contributed by atoms with Crippen LogP contribution in [0.15, 0.2) is 30.4 Å². The molecule has 0 bridgehead atoms. The van der Waals surface area contributed by atoms with Crippen molar-refractivity contribution in [2.45, 2.75) is 100 Å². The summed E-state index contributed by atoms with van der Waals surface area (Å²) in [5.41, 5.74) is -0.580. The first-order valence-corrected chi connectivity index (χ1v) is 19.6. The van der Waals surface area contributed by atoms with Crippen molar-refractivity contribution in [2.24, 2.45) is 17.8 Å². The van der Waals surface area contributed by atoms with Gasteiger partial charge < -0.3 is 24.4 Å². The lowest BCUT2D eigenvalue weighted by Crippen LogP contribution is -2.57. The smallest absolute Gasteiger partial charge is 0.259 e. The van der Waals surface area contributed by atoms with E-state index in [2.05, 4.69) is 17.0 Å². The Hall–Kier alpha value is -3.94. The number of methoxy groups -OCH3 is 1. The Morgan fingerprint density at radius 3 is 2.73 bits per heavy atom. The Labute approximate surface area is 297 Å². The number of aryl methyl sites for hydroxylation is 1. The van der Waals surface area contributed by atoms with Crippen molar-refractivity contribution in [3.63, 3.8) is 0 Å². The first-order chi connectivity index (χ1) is 24.4. The van der Waals surface area contributed by atoms with E-state index in [1.807, 2.05) is 37.3 Å². The summed E-state index contributed by atoms with van der Waals surface area (Å²) in [5.74, 6) is -0.216. The van der Waals surface area contributed by atoms with Gasteiger partial charge in [0, 0.05) is 29.7 Å². The zero-order valence-corrected chi connectivity index (χ0v) is 30.2. The predicted octanol–water partition coefficient (Wildman–Crippen LogP) is 4.14. The number of aromatic nitrogens is 1. The van der Waals surface area contributed by atoms with Crippen LogP contribution in [0.5, 0.6) is 17.5 Å². The molecular formula is C37H47FN4O8S. The average molecular weight is 727 g/mol. The molecule has 2 aromatic rings. The number of benzene rings is 1. The van der Waals surface area contributed by atoms with E-state index >= 15 is 0 Å². The number of hydrogen-bond acceptors (Lipinski definition) is 9. The molecule has 51 heavy (non-hydrogen) atoms. The number of rotatable bonds is 7. The highest BCUT2D eigenvalue weighted by molar-refractivity contribution is 7.91. The molecule has 7 rings (SSSR count). The molecule has 2 N–H and O–H groups in total. The third kappa shape index (κ3) is 6.75. The Morgan fingerprint density at radius 1 is 1.18 bits per heavy atom. The lowest BCUT2D eigenvalue weighted by atomic mass is 9.91. The summed E-state index contributed by atoms with van der Waals surface area (Å²) in [5, 5.41) is 4.53. The van der Waals surface area contributed by atoms with E-state index in [4.69, 9.17) is 19.2 Å². The maximum Gasteiger partial charge on any atom is 0.259 e. The number of ether oxygens (including phenoxy) is 3. The van der Waals surface area contributed by atoms with Gasteiger partial charge in [0.05, 0.1) is 20.3 Å². The molecule has 0 unspecified atom stereocenters. The molecule has 5 aliphatic rings. The highest BCUT2D eigenvalue weighted by atomic mass is 32.2. The number of halogens is 1. The van der Waals surface area contributed by atoms with Crippen LogP contribution in [-0.2, 0) is 30.8 Å². The van der Waals surface area contributed by atoms with Gasteiger partial charge in [-0.3, -0.25) is 19.1 Å². The van der Waals surface area contributed by atoms with E-state index in [1.165, 1.54) is 4.90 Å². The number of pyridine rings is 1. The minimum absolute atomic E-state index is 0.0738. The normalized spacial score (nSPS) is 31.1. The molecule has 1 saturated heterocycles. The second-order valence-corrected chi connectivity index (χ2v) is 17.4. The van der Waals surface area contributed by atoms with Crippen LogP contribution in [0.25, 0.3) is 10.8 Å². The summed E-state index contributed by atoms with van der Waals surface area (Å²) in [6.45, 7) is 3.74. The van der Waals surface area contributed by atoms with E-state index in [0.29, 0.717) is 30.0 Å². The number of alkyl halides is 1. The van der Waals surface area contributed by atoms with Crippen LogP contribution in [0.2, 0.25) is 0 Å². The van der Waals surface area contributed by atoms with Crippen molar-refractivity contribution in [3.05, 3.63) is 35.9 Å². The predicted molar refractivity (Wildman–Crippen MR) is 187 cm³/mol. The maximum atomic E-state index is 14.2. The fourth-order valence-corrected chi connectivity index (χ4v) is 9.45. The molecule has 3 fully saturated rings. The second-order valence-electron chi connectivity index (χ2n) is 15.3. The number of hydrogen-bond donors (Lipinski definition) is 2. The lowest BCUT2D eigenvalue weighted by Gasteiger charge is -2.28. The summed E-state index contributed by atoms with van der Waals surface area (Å²) in [4.78, 5) is 48.2. The van der Waals surface area contributed by atoms with Gasteiger partial charge in [-0.05, 0) is 86.8 Å². The number of nitrogens with zero attached hydrogens (tertiary/aromatic N) is 2. The summed E-state index contributed by atoms with van der Waals surface area (Å²) >= 11 is 0. The molecule has 276 valence electrons. The Morgan fingerprint density at radius 2 is 1.98 bits per heavy atom. The van der Waals surface area contributed by atoms with Crippen molar-refractivity contribution in [2.75, 3.05) is 26.9 Å². The van der Waals surface area contributed by atoms with Crippen molar-refractivity contribution in [1.82, 2.24) is 19.9 Å². The van der Waals surface area contributed by atoms with Gasteiger partial charge in [0.1, 0.15) is 34.9 Å². The van der Waals surface area contributed by atoms with E-state index in [9.17, 15) is 27.2 Å². The van der Waals surface area contributed by atoms with E-state index in [1.54, 1.807) is 7.11 Å². The van der Waals surface area contributed by atoms with E-state index in [0.717, 1.165) is 48.4 Å². The van der Waals surface area contributed by atoms with Gasteiger partial charge in [0.15, 0.2) is 0 Å². The first kappa shape index (κ1) is 35.5. The highest BCUT2D eigenvalue weighted by Gasteiger charge is 2.64. The quantitative estimate of drug-likeness (QED) is 0.401. The molecule has 4 heterocycles. The Kier molecular flexibility index (Phi) is 9.43. The minimum atomic E-state index is -4.31. The molecule has 3 amide bonds. The third-order valence-electron chi connectivity index (χ3n) is 11.4. The van der Waals surface area contributed by atoms with E-state index in [-0.39, 0.29) is 50.5 Å². The summed E-state index contributed by atoms with van der Waals surface area (Å²) in [6.07, 6.45) is 8.11. The SMILES string of the molecule is COc1ccc2c(O[C@@H]3C[C@H]4C(=O)N[C@]5(C(=O)NS(=O)(=O)C6(CF)CC6)C[C@H]5/C=C\CC[C@@H](C)C[C@@H](C)CC(=O)N4C3)nc3c(c2c1)CCCO3. The number of nitrogens with one attached hydrogen (secondary N) is 2.